The number of ether oxygens (including phenoxy) is 1. The van der Waals surface area contributed by atoms with Crippen molar-refractivity contribution >= 4 is 11.8 Å². The summed E-state index contributed by atoms with van der Waals surface area (Å²) in [7, 11) is 1.25. The van der Waals surface area contributed by atoms with E-state index in [0.717, 1.165) is 6.42 Å². The summed E-state index contributed by atoms with van der Waals surface area (Å²) < 4.78 is 42.4. The molecular weight excluding hydrogens is 309 g/mol. The zero-order valence-electron chi connectivity index (χ0n) is 13.3. The normalized spacial score (nSPS) is 12.7. The molecule has 0 amide bonds. The summed E-state index contributed by atoms with van der Waals surface area (Å²) >= 11 is 0. The van der Waals surface area contributed by atoms with Crippen molar-refractivity contribution in [3.05, 3.63) is 35.4 Å². The smallest absolute Gasteiger partial charge is 0.389 e. The van der Waals surface area contributed by atoms with Gasteiger partial charge in [-0.2, -0.15) is 13.2 Å². The molecule has 0 heterocycles. The number of ketones is 1. The lowest BCUT2D eigenvalue weighted by atomic mass is 9.90. The lowest BCUT2D eigenvalue weighted by Gasteiger charge is -2.17. The molecule has 0 fully saturated rings. The summed E-state index contributed by atoms with van der Waals surface area (Å²) in [6.45, 7) is 1.90. The van der Waals surface area contributed by atoms with Crippen LogP contribution in [0.15, 0.2) is 24.3 Å². The number of rotatable bonds is 8. The molecule has 3 nitrogen and oxygen atoms in total. The molecular formula is C17H21F3O3. The SMILES string of the molecule is CCCCC(CC(=O)c1ccc(C(=O)OC)cc1)CC(F)(F)F. The van der Waals surface area contributed by atoms with Crippen molar-refractivity contribution in [2.45, 2.75) is 45.2 Å². The molecule has 0 spiro atoms. The fourth-order valence-electron chi connectivity index (χ4n) is 2.39. The van der Waals surface area contributed by atoms with Crippen LogP contribution in [0.2, 0.25) is 0 Å². The molecule has 0 aliphatic carbocycles. The van der Waals surface area contributed by atoms with E-state index >= 15 is 0 Å². The van der Waals surface area contributed by atoms with E-state index in [1.54, 1.807) is 0 Å². The second-order valence-electron chi connectivity index (χ2n) is 5.52. The van der Waals surface area contributed by atoms with Gasteiger partial charge in [0, 0.05) is 18.4 Å². The van der Waals surface area contributed by atoms with Crippen LogP contribution in [0.1, 0.15) is 59.7 Å². The van der Waals surface area contributed by atoms with E-state index in [9.17, 15) is 22.8 Å². The first-order chi connectivity index (χ1) is 10.8. The van der Waals surface area contributed by atoms with Crippen LogP contribution in [0.25, 0.3) is 0 Å². The number of esters is 1. The maximum absolute atomic E-state index is 12.6. The monoisotopic (exact) mass is 330 g/mol. The van der Waals surface area contributed by atoms with E-state index in [-0.39, 0.29) is 12.2 Å². The Kier molecular flexibility index (Phi) is 7.26. The van der Waals surface area contributed by atoms with Gasteiger partial charge in [0.2, 0.25) is 0 Å². The van der Waals surface area contributed by atoms with Gasteiger partial charge in [0.05, 0.1) is 12.7 Å². The molecule has 1 atom stereocenters. The Morgan fingerprint density at radius 3 is 2.17 bits per heavy atom. The van der Waals surface area contributed by atoms with Crippen molar-refractivity contribution in [1.82, 2.24) is 0 Å². The summed E-state index contributed by atoms with van der Waals surface area (Å²) in [6, 6.07) is 5.76. The first-order valence-corrected chi connectivity index (χ1v) is 7.55. The number of Topliss-reactive ketones (excluding diaryl/α,β-unsaturated/α-hetero) is 1. The van der Waals surface area contributed by atoms with Gasteiger partial charge >= 0.3 is 12.1 Å². The van der Waals surface area contributed by atoms with Crippen LogP contribution < -0.4 is 0 Å². The predicted molar refractivity (Wildman–Crippen MR) is 80.4 cm³/mol. The average Bonchev–Trinajstić information content (AvgIpc) is 2.50. The van der Waals surface area contributed by atoms with Crippen molar-refractivity contribution < 1.29 is 27.5 Å². The fourth-order valence-corrected chi connectivity index (χ4v) is 2.39. The Balaban J connectivity index is 2.75. The highest BCUT2D eigenvalue weighted by atomic mass is 19.4. The van der Waals surface area contributed by atoms with Crippen LogP contribution in [0.5, 0.6) is 0 Å². The van der Waals surface area contributed by atoms with Crippen molar-refractivity contribution in [1.29, 1.82) is 0 Å². The highest BCUT2D eigenvalue weighted by molar-refractivity contribution is 5.97. The topological polar surface area (TPSA) is 43.4 Å². The lowest BCUT2D eigenvalue weighted by molar-refractivity contribution is -0.144. The number of carbonyl (C=O) groups is 2. The first-order valence-electron chi connectivity index (χ1n) is 7.55. The molecule has 0 aliphatic rings. The van der Waals surface area contributed by atoms with Crippen LogP contribution in [-0.4, -0.2) is 25.0 Å². The zero-order valence-corrected chi connectivity index (χ0v) is 13.3. The molecule has 6 heteroatoms. The number of alkyl halides is 3. The van der Waals surface area contributed by atoms with E-state index < -0.39 is 24.5 Å². The quantitative estimate of drug-likeness (QED) is 0.508. The second-order valence-corrected chi connectivity index (χ2v) is 5.52. The van der Waals surface area contributed by atoms with Crippen molar-refractivity contribution in [3.63, 3.8) is 0 Å². The highest BCUT2D eigenvalue weighted by Crippen LogP contribution is 2.30. The number of methoxy groups -OCH3 is 1. The van der Waals surface area contributed by atoms with Gasteiger partial charge in [0.15, 0.2) is 5.78 Å². The fraction of sp³-hybridized carbons (Fsp3) is 0.529. The Morgan fingerprint density at radius 2 is 1.70 bits per heavy atom. The van der Waals surface area contributed by atoms with Gasteiger partial charge < -0.3 is 4.74 Å². The largest absolute Gasteiger partial charge is 0.465 e. The van der Waals surface area contributed by atoms with Crippen LogP contribution in [-0.2, 0) is 4.74 Å². The molecule has 0 aromatic heterocycles. The average molecular weight is 330 g/mol. The molecule has 1 rings (SSSR count). The molecule has 0 saturated carbocycles. The van der Waals surface area contributed by atoms with Gasteiger partial charge in [-0.25, -0.2) is 4.79 Å². The zero-order chi connectivity index (χ0) is 17.5. The summed E-state index contributed by atoms with van der Waals surface area (Å²) in [4.78, 5) is 23.5. The number of carbonyl (C=O) groups excluding carboxylic acids is 2. The van der Waals surface area contributed by atoms with E-state index in [1.165, 1.54) is 31.4 Å². The number of benzene rings is 1. The third kappa shape index (κ3) is 6.84. The molecule has 0 radical (unpaired) electrons. The number of hydrogen-bond acceptors (Lipinski definition) is 3. The molecule has 1 aromatic rings. The molecule has 23 heavy (non-hydrogen) atoms. The molecule has 0 bridgehead atoms. The van der Waals surface area contributed by atoms with Crippen molar-refractivity contribution in [2.24, 2.45) is 5.92 Å². The second kappa shape index (κ2) is 8.70. The van der Waals surface area contributed by atoms with Crippen LogP contribution in [0.3, 0.4) is 0 Å². The molecule has 128 valence electrons. The van der Waals surface area contributed by atoms with Gasteiger partial charge in [-0.3, -0.25) is 4.79 Å². The number of hydrogen-bond donors (Lipinski definition) is 0. The van der Waals surface area contributed by atoms with Gasteiger partial charge in [-0.15, -0.1) is 0 Å². The number of halogens is 3. The Hall–Kier alpha value is -1.85. The maximum Gasteiger partial charge on any atom is 0.389 e. The van der Waals surface area contributed by atoms with Gasteiger partial charge in [-0.05, 0) is 24.5 Å². The third-order valence-electron chi connectivity index (χ3n) is 3.59. The standard InChI is InChI=1S/C17H21F3O3/c1-3-4-5-12(11-17(18,19)20)10-15(21)13-6-8-14(9-7-13)16(22)23-2/h6-9,12H,3-5,10-11H2,1-2H3. The maximum atomic E-state index is 12.6. The number of unbranched alkanes of at least 4 members (excludes halogenated alkanes) is 1. The van der Waals surface area contributed by atoms with E-state index in [1.807, 2.05) is 6.92 Å². The van der Waals surface area contributed by atoms with E-state index in [0.29, 0.717) is 24.0 Å². The Morgan fingerprint density at radius 1 is 1.13 bits per heavy atom. The van der Waals surface area contributed by atoms with Gasteiger partial charge in [0.25, 0.3) is 0 Å². The molecule has 0 saturated heterocycles. The van der Waals surface area contributed by atoms with Crippen molar-refractivity contribution in [3.8, 4) is 0 Å². The minimum absolute atomic E-state index is 0.142. The van der Waals surface area contributed by atoms with E-state index in [2.05, 4.69) is 4.74 Å². The minimum atomic E-state index is -4.27. The van der Waals surface area contributed by atoms with Crippen LogP contribution >= 0.6 is 0 Å². The molecule has 1 aromatic carbocycles. The van der Waals surface area contributed by atoms with Crippen LogP contribution in [0.4, 0.5) is 13.2 Å². The van der Waals surface area contributed by atoms with Gasteiger partial charge in [0.1, 0.15) is 0 Å². The first kappa shape index (κ1) is 19.2. The van der Waals surface area contributed by atoms with Gasteiger partial charge in [-0.1, -0.05) is 31.9 Å². The third-order valence-corrected chi connectivity index (χ3v) is 3.59. The Bertz CT molecular complexity index is 521. The lowest BCUT2D eigenvalue weighted by Crippen LogP contribution is -2.18. The summed E-state index contributed by atoms with van der Waals surface area (Å²) in [5.74, 6) is -1.57. The summed E-state index contributed by atoms with van der Waals surface area (Å²) in [6.07, 6.45) is -3.53. The van der Waals surface area contributed by atoms with Crippen LogP contribution in [0, 0.1) is 5.92 Å². The van der Waals surface area contributed by atoms with E-state index in [4.69, 9.17) is 0 Å². The minimum Gasteiger partial charge on any atom is -0.465 e. The predicted octanol–water partition coefficient (Wildman–Crippen LogP) is 4.80. The molecule has 0 aliphatic heterocycles. The van der Waals surface area contributed by atoms with Crippen molar-refractivity contribution in [2.75, 3.05) is 7.11 Å². The summed E-state index contributed by atoms with van der Waals surface area (Å²) in [5.41, 5.74) is 0.600. The molecule has 0 N–H and O–H groups in total. The molecule has 1 unspecified atom stereocenters. The highest BCUT2D eigenvalue weighted by Gasteiger charge is 2.32. The Labute approximate surface area is 133 Å². The summed E-state index contributed by atoms with van der Waals surface area (Å²) in [5, 5.41) is 0.